The van der Waals surface area contributed by atoms with Crippen LogP contribution in [0.25, 0.3) is 0 Å². The van der Waals surface area contributed by atoms with Crippen LogP contribution in [0.5, 0.6) is 0 Å². The molecule has 0 atom stereocenters. The predicted octanol–water partition coefficient (Wildman–Crippen LogP) is 2.90. The molecular formula is C19H20N8O2. The Morgan fingerprint density at radius 1 is 1.03 bits per heavy atom. The summed E-state index contributed by atoms with van der Waals surface area (Å²) in [5, 5.41) is 18.0. The zero-order valence-corrected chi connectivity index (χ0v) is 16.0. The van der Waals surface area contributed by atoms with Gasteiger partial charge >= 0.3 is 0 Å². The summed E-state index contributed by atoms with van der Waals surface area (Å²) in [5.41, 5.74) is 4.60. The van der Waals surface area contributed by atoms with Crippen molar-refractivity contribution in [2.24, 2.45) is 5.10 Å². The molecule has 0 bridgehead atoms. The van der Waals surface area contributed by atoms with Crippen LogP contribution in [0.2, 0.25) is 0 Å². The van der Waals surface area contributed by atoms with E-state index in [2.05, 4.69) is 30.8 Å². The number of nitro benzene ring substituents is 1. The van der Waals surface area contributed by atoms with E-state index in [0.717, 1.165) is 5.56 Å². The molecule has 3 aromatic rings. The van der Waals surface area contributed by atoms with E-state index in [-0.39, 0.29) is 11.6 Å². The number of anilines is 3. The Labute approximate surface area is 167 Å². The lowest BCUT2D eigenvalue weighted by molar-refractivity contribution is -0.384. The molecular weight excluding hydrogens is 372 g/mol. The lowest BCUT2D eigenvalue weighted by atomic mass is 10.2. The average molecular weight is 392 g/mol. The number of non-ortho nitro benzene ring substituents is 1. The lowest BCUT2D eigenvalue weighted by Crippen LogP contribution is -2.16. The highest BCUT2D eigenvalue weighted by Gasteiger charge is 2.08. The van der Waals surface area contributed by atoms with Crippen molar-refractivity contribution in [3.05, 3.63) is 75.8 Å². The van der Waals surface area contributed by atoms with Crippen molar-refractivity contribution in [3.8, 4) is 0 Å². The first-order valence-electron chi connectivity index (χ1n) is 8.76. The van der Waals surface area contributed by atoms with Gasteiger partial charge in [-0.1, -0.05) is 30.3 Å². The summed E-state index contributed by atoms with van der Waals surface area (Å²) in [5.74, 6) is 1.17. The molecule has 10 heteroatoms. The van der Waals surface area contributed by atoms with Crippen LogP contribution in [0.1, 0.15) is 11.1 Å². The highest BCUT2D eigenvalue weighted by molar-refractivity contribution is 5.80. The van der Waals surface area contributed by atoms with E-state index in [1.807, 2.05) is 44.4 Å². The van der Waals surface area contributed by atoms with Crippen molar-refractivity contribution in [2.75, 3.05) is 29.7 Å². The Morgan fingerprint density at radius 3 is 2.38 bits per heavy atom. The van der Waals surface area contributed by atoms with Gasteiger partial charge in [-0.25, -0.2) is 5.43 Å². The molecule has 0 saturated carbocycles. The van der Waals surface area contributed by atoms with Crippen LogP contribution in [-0.2, 0) is 6.54 Å². The minimum Gasteiger partial charge on any atom is -0.350 e. The van der Waals surface area contributed by atoms with Gasteiger partial charge in [-0.05, 0) is 23.3 Å². The molecule has 0 fully saturated rings. The summed E-state index contributed by atoms with van der Waals surface area (Å²) < 4.78 is 0. The first kappa shape index (κ1) is 19.7. The van der Waals surface area contributed by atoms with E-state index >= 15 is 0 Å². The first-order valence-corrected chi connectivity index (χ1v) is 8.76. The predicted molar refractivity (Wildman–Crippen MR) is 112 cm³/mol. The van der Waals surface area contributed by atoms with Gasteiger partial charge < -0.3 is 10.2 Å². The zero-order chi connectivity index (χ0) is 20.6. The summed E-state index contributed by atoms with van der Waals surface area (Å²) >= 11 is 0. The molecule has 1 heterocycles. The van der Waals surface area contributed by atoms with Gasteiger partial charge in [0.05, 0.1) is 11.1 Å². The second kappa shape index (κ2) is 9.22. The van der Waals surface area contributed by atoms with Crippen LogP contribution in [0.4, 0.5) is 23.5 Å². The number of benzene rings is 2. The molecule has 0 aliphatic heterocycles. The third-order valence-corrected chi connectivity index (χ3v) is 3.80. The van der Waals surface area contributed by atoms with Crippen LogP contribution in [0, 0.1) is 10.1 Å². The third kappa shape index (κ3) is 5.70. The Balaban J connectivity index is 1.70. The summed E-state index contributed by atoms with van der Waals surface area (Å²) in [6, 6.07) is 16.0. The molecule has 0 radical (unpaired) electrons. The summed E-state index contributed by atoms with van der Waals surface area (Å²) in [4.78, 5) is 25.0. The standard InChI is InChI=1S/C19H20N8O2/c1-26(2)19-23-17(20-12-14-6-4-3-5-7-14)22-18(24-19)25-21-13-15-8-10-16(11-9-15)27(28)29/h3-11,13H,12H2,1-2H3,(H2,20,22,23,24,25)/b21-13-. The Kier molecular flexibility index (Phi) is 6.25. The van der Waals surface area contributed by atoms with Crippen molar-refractivity contribution < 1.29 is 4.92 Å². The number of nitro groups is 1. The highest BCUT2D eigenvalue weighted by atomic mass is 16.6. The van der Waals surface area contributed by atoms with Crippen molar-refractivity contribution in [1.29, 1.82) is 0 Å². The maximum atomic E-state index is 10.7. The molecule has 2 aromatic carbocycles. The summed E-state index contributed by atoms with van der Waals surface area (Å²) in [7, 11) is 3.67. The SMILES string of the molecule is CN(C)c1nc(NCc2ccccc2)nc(N/N=C\c2ccc([N+](=O)[O-])cc2)n1. The molecule has 0 aliphatic rings. The molecule has 0 unspecified atom stereocenters. The Hall–Kier alpha value is -4.08. The van der Waals surface area contributed by atoms with Gasteiger partial charge in [0.25, 0.3) is 5.69 Å². The molecule has 1 aromatic heterocycles. The number of hydrogen-bond acceptors (Lipinski definition) is 9. The van der Waals surface area contributed by atoms with Gasteiger partial charge in [0.1, 0.15) is 0 Å². The number of nitrogens with one attached hydrogen (secondary N) is 2. The highest BCUT2D eigenvalue weighted by Crippen LogP contribution is 2.13. The molecule has 0 aliphatic carbocycles. The number of hydrogen-bond donors (Lipinski definition) is 2. The second-order valence-electron chi connectivity index (χ2n) is 6.23. The Morgan fingerprint density at radius 2 is 1.72 bits per heavy atom. The number of hydrazone groups is 1. The largest absolute Gasteiger partial charge is 0.350 e. The normalized spacial score (nSPS) is 10.7. The van der Waals surface area contributed by atoms with Gasteiger partial charge in [0, 0.05) is 32.8 Å². The molecule has 0 saturated heterocycles. The van der Waals surface area contributed by atoms with Crippen molar-refractivity contribution >= 4 is 29.7 Å². The Bertz CT molecular complexity index is 991. The number of nitrogens with zero attached hydrogens (tertiary/aromatic N) is 6. The molecule has 0 spiro atoms. The van der Waals surface area contributed by atoms with Gasteiger partial charge in [0.15, 0.2) is 0 Å². The van der Waals surface area contributed by atoms with Gasteiger partial charge in [-0.2, -0.15) is 20.1 Å². The maximum absolute atomic E-state index is 10.7. The lowest BCUT2D eigenvalue weighted by Gasteiger charge is -2.13. The van der Waals surface area contributed by atoms with Crippen LogP contribution in [-0.4, -0.2) is 40.2 Å². The van der Waals surface area contributed by atoms with E-state index in [0.29, 0.717) is 24.0 Å². The molecule has 29 heavy (non-hydrogen) atoms. The van der Waals surface area contributed by atoms with Crippen LogP contribution in [0.3, 0.4) is 0 Å². The molecule has 3 rings (SSSR count). The number of aromatic nitrogens is 3. The monoisotopic (exact) mass is 392 g/mol. The number of rotatable bonds is 8. The smallest absolute Gasteiger partial charge is 0.269 e. The van der Waals surface area contributed by atoms with E-state index < -0.39 is 4.92 Å². The van der Waals surface area contributed by atoms with Crippen molar-refractivity contribution in [2.45, 2.75) is 6.54 Å². The van der Waals surface area contributed by atoms with E-state index in [1.54, 1.807) is 17.0 Å². The fourth-order valence-corrected chi connectivity index (χ4v) is 2.32. The molecule has 10 nitrogen and oxygen atoms in total. The molecule has 2 N–H and O–H groups in total. The van der Waals surface area contributed by atoms with E-state index in [4.69, 9.17) is 0 Å². The van der Waals surface area contributed by atoms with Crippen LogP contribution < -0.4 is 15.6 Å². The fourth-order valence-electron chi connectivity index (χ4n) is 2.32. The van der Waals surface area contributed by atoms with Crippen LogP contribution in [0.15, 0.2) is 59.7 Å². The summed E-state index contributed by atoms with van der Waals surface area (Å²) in [6.45, 7) is 0.573. The van der Waals surface area contributed by atoms with Crippen molar-refractivity contribution in [3.63, 3.8) is 0 Å². The first-order chi connectivity index (χ1) is 14.0. The quantitative estimate of drug-likeness (QED) is 0.341. The minimum absolute atomic E-state index is 0.0253. The third-order valence-electron chi connectivity index (χ3n) is 3.80. The molecule has 0 amide bonds. The van der Waals surface area contributed by atoms with Crippen molar-refractivity contribution in [1.82, 2.24) is 15.0 Å². The van der Waals surface area contributed by atoms with Gasteiger partial charge in [0.2, 0.25) is 17.8 Å². The second-order valence-corrected chi connectivity index (χ2v) is 6.23. The summed E-state index contributed by atoms with van der Waals surface area (Å²) in [6.07, 6.45) is 1.53. The topological polar surface area (TPSA) is 121 Å². The van der Waals surface area contributed by atoms with Gasteiger partial charge in [-0.3, -0.25) is 10.1 Å². The minimum atomic E-state index is -0.448. The zero-order valence-electron chi connectivity index (χ0n) is 16.0. The van der Waals surface area contributed by atoms with Crippen LogP contribution >= 0.6 is 0 Å². The van der Waals surface area contributed by atoms with E-state index in [1.165, 1.54) is 18.3 Å². The maximum Gasteiger partial charge on any atom is 0.269 e. The van der Waals surface area contributed by atoms with Gasteiger partial charge in [-0.15, -0.1) is 0 Å². The fraction of sp³-hybridized carbons (Fsp3) is 0.158. The van der Waals surface area contributed by atoms with E-state index in [9.17, 15) is 10.1 Å². The molecule has 148 valence electrons. The average Bonchev–Trinajstić information content (AvgIpc) is 2.73.